The molecule has 35 heavy (non-hydrogen) atoms. The number of hydrogen-bond donors (Lipinski definition) is 2. The Morgan fingerprint density at radius 3 is 2.51 bits per heavy atom. The molecule has 10 heteroatoms. The summed E-state index contributed by atoms with van der Waals surface area (Å²) in [5.74, 6) is 0.972. The van der Waals surface area contributed by atoms with Crippen molar-refractivity contribution in [1.82, 2.24) is 19.5 Å². The van der Waals surface area contributed by atoms with E-state index in [0.717, 1.165) is 16.9 Å². The SMILES string of the molecule is CC(O)COc1cc(-c2ccc(N3CCN(C(=O)C(O)C(C)C)CC3)nc2)c2c(C#N)cnn2c1. The summed E-state index contributed by atoms with van der Waals surface area (Å²) in [6.45, 7) is 7.73. The molecule has 0 radical (unpaired) electrons. The molecule has 2 N–H and O–H groups in total. The fourth-order valence-corrected chi connectivity index (χ4v) is 4.06. The van der Waals surface area contributed by atoms with Crippen LogP contribution < -0.4 is 9.64 Å². The molecule has 1 saturated heterocycles. The third-order valence-electron chi connectivity index (χ3n) is 6.06. The van der Waals surface area contributed by atoms with Gasteiger partial charge in [-0.3, -0.25) is 4.79 Å². The van der Waals surface area contributed by atoms with Gasteiger partial charge in [0.15, 0.2) is 0 Å². The molecule has 1 aliphatic heterocycles. The van der Waals surface area contributed by atoms with E-state index in [9.17, 15) is 20.3 Å². The lowest BCUT2D eigenvalue weighted by Gasteiger charge is -2.36. The van der Waals surface area contributed by atoms with Gasteiger partial charge >= 0.3 is 0 Å². The number of piperazine rings is 1. The highest BCUT2D eigenvalue weighted by Crippen LogP contribution is 2.31. The summed E-state index contributed by atoms with van der Waals surface area (Å²) in [7, 11) is 0. The maximum Gasteiger partial charge on any atom is 0.251 e. The number of fused-ring (bicyclic) bond motifs is 1. The molecule has 0 aromatic carbocycles. The number of carbonyl (C=O) groups is 1. The van der Waals surface area contributed by atoms with Crippen LogP contribution in [0.1, 0.15) is 26.3 Å². The first-order valence-corrected chi connectivity index (χ1v) is 11.7. The molecule has 0 spiro atoms. The molecule has 4 rings (SSSR count). The second-order valence-corrected chi connectivity index (χ2v) is 9.12. The van der Waals surface area contributed by atoms with Crippen LogP contribution in [0.3, 0.4) is 0 Å². The zero-order valence-corrected chi connectivity index (χ0v) is 20.1. The van der Waals surface area contributed by atoms with Gasteiger partial charge in [0, 0.05) is 43.5 Å². The second-order valence-electron chi connectivity index (χ2n) is 9.12. The van der Waals surface area contributed by atoms with Gasteiger partial charge in [-0.15, -0.1) is 0 Å². The van der Waals surface area contributed by atoms with Crippen LogP contribution in [0, 0.1) is 17.2 Å². The van der Waals surface area contributed by atoms with E-state index in [1.165, 1.54) is 6.20 Å². The average Bonchev–Trinajstić information content (AvgIpc) is 3.29. The van der Waals surface area contributed by atoms with Crippen LogP contribution in [0.4, 0.5) is 5.82 Å². The Hall–Kier alpha value is -3.68. The van der Waals surface area contributed by atoms with Crippen molar-refractivity contribution in [3.8, 4) is 22.9 Å². The number of nitriles is 1. The maximum absolute atomic E-state index is 12.4. The molecule has 184 valence electrons. The largest absolute Gasteiger partial charge is 0.489 e. The number of anilines is 1. The molecule has 4 heterocycles. The molecule has 1 aliphatic rings. The van der Waals surface area contributed by atoms with E-state index in [2.05, 4.69) is 21.1 Å². The van der Waals surface area contributed by atoms with E-state index >= 15 is 0 Å². The third-order valence-corrected chi connectivity index (χ3v) is 6.06. The zero-order valence-electron chi connectivity index (χ0n) is 20.1. The van der Waals surface area contributed by atoms with Gasteiger partial charge in [-0.05, 0) is 31.0 Å². The number of hydrogen-bond acceptors (Lipinski definition) is 8. The third kappa shape index (κ3) is 5.21. The maximum atomic E-state index is 12.4. The first kappa shape index (κ1) is 24.4. The highest BCUT2D eigenvalue weighted by atomic mass is 16.5. The molecule has 0 aliphatic carbocycles. The van der Waals surface area contributed by atoms with Gasteiger partial charge < -0.3 is 24.7 Å². The van der Waals surface area contributed by atoms with E-state index in [-0.39, 0.29) is 18.4 Å². The van der Waals surface area contributed by atoms with Crippen molar-refractivity contribution < 1.29 is 19.7 Å². The molecule has 0 bridgehead atoms. The fraction of sp³-hybridized carbons (Fsp3) is 0.440. The number of carbonyl (C=O) groups excluding carboxylic acids is 1. The van der Waals surface area contributed by atoms with E-state index < -0.39 is 12.2 Å². The second kappa shape index (κ2) is 10.3. The van der Waals surface area contributed by atoms with Gasteiger partial charge in [-0.2, -0.15) is 10.4 Å². The predicted molar refractivity (Wildman–Crippen MR) is 130 cm³/mol. The summed E-state index contributed by atoms with van der Waals surface area (Å²) in [4.78, 5) is 20.9. The van der Waals surface area contributed by atoms with Crippen molar-refractivity contribution in [3.63, 3.8) is 0 Å². The van der Waals surface area contributed by atoms with Gasteiger partial charge in [-0.1, -0.05) is 13.8 Å². The number of ether oxygens (including phenoxy) is 1. The van der Waals surface area contributed by atoms with Crippen LogP contribution in [0.2, 0.25) is 0 Å². The molecule has 2 unspecified atom stereocenters. The number of amides is 1. The minimum atomic E-state index is -0.974. The van der Waals surface area contributed by atoms with Crippen LogP contribution in [0.25, 0.3) is 16.6 Å². The number of aromatic nitrogens is 3. The zero-order chi connectivity index (χ0) is 25.1. The van der Waals surface area contributed by atoms with E-state index in [4.69, 9.17) is 4.74 Å². The number of aliphatic hydroxyl groups excluding tert-OH is 2. The van der Waals surface area contributed by atoms with Gasteiger partial charge in [-0.25, -0.2) is 9.50 Å². The Morgan fingerprint density at radius 2 is 1.91 bits per heavy atom. The molecule has 1 amide bonds. The summed E-state index contributed by atoms with van der Waals surface area (Å²) in [5, 5.41) is 33.5. The quantitative estimate of drug-likeness (QED) is 0.525. The number of rotatable bonds is 7. The number of nitrogens with zero attached hydrogens (tertiary/aromatic N) is 6. The number of pyridine rings is 2. The summed E-state index contributed by atoms with van der Waals surface area (Å²) in [6.07, 6.45) is 3.35. The molecule has 10 nitrogen and oxygen atoms in total. The lowest BCUT2D eigenvalue weighted by Crippen LogP contribution is -2.52. The van der Waals surface area contributed by atoms with Crippen LogP contribution >= 0.6 is 0 Å². The number of aliphatic hydroxyl groups is 2. The van der Waals surface area contributed by atoms with Crippen molar-refractivity contribution in [2.45, 2.75) is 33.0 Å². The molecule has 3 aromatic rings. The molecular formula is C25H30N6O4. The van der Waals surface area contributed by atoms with Gasteiger partial charge in [0.1, 0.15) is 30.3 Å². The van der Waals surface area contributed by atoms with Gasteiger partial charge in [0.05, 0.1) is 29.6 Å². The summed E-state index contributed by atoms with van der Waals surface area (Å²) in [6, 6.07) is 7.85. The molecule has 0 saturated carbocycles. The normalized spacial score (nSPS) is 15.8. The van der Waals surface area contributed by atoms with Crippen LogP contribution in [0.15, 0.2) is 36.8 Å². The van der Waals surface area contributed by atoms with Crippen molar-refractivity contribution in [3.05, 3.63) is 42.4 Å². The monoisotopic (exact) mass is 478 g/mol. The van der Waals surface area contributed by atoms with Crippen molar-refractivity contribution >= 4 is 17.2 Å². The Labute approximate surface area is 204 Å². The highest BCUT2D eigenvalue weighted by Gasteiger charge is 2.28. The van der Waals surface area contributed by atoms with Crippen LogP contribution in [-0.4, -0.2) is 80.6 Å². The predicted octanol–water partition coefficient (Wildman–Crippen LogP) is 1.69. The van der Waals surface area contributed by atoms with E-state index in [1.54, 1.807) is 28.7 Å². The van der Waals surface area contributed by atoms with Crippen molar-refractivity contribution in [2.24, 2.45) is 5.92 Å². The summed E-state index contributed by atoms with van der Waals surface area (Å²) < 4.78 is 7.29. The summed E-state index contributed by atoms with van der Waals surface area (Å²) in [5.41, 5.74) is 2.64. The Morgan fingerprint density at radius 1 is 1.17 bits per heavy atom. The van der Waals surface area contributed by atoms with E-state index in [1.807, 2.05) is 32.0 Å². The Balaban J connectivity index is 1.54. The first-order chi connectivity index (χ1) is 16.8. The minimum absolute atomic E-state index is 0.116. The highest BCUT2D eigenvalue weighted by molar-refractivity contribution is 5.85. The first-order valence-electron chi connectivity index (χ1n) is 11.7. The summed E-state index contributed by atoms with van der Waals surface area (Å²) >= 11 is 0. The Bertz CT molecular complexity index is 1220. The molecule has 3 aromatic heterocycles. The van der Waals surface area contributed by atoms with Gasteiger partial charge in [0.25, 0.3) is 5.91 Å². The standard InChI is InChI=1S/C25H30N6O4/c1-16(2)24(33)25(34)30-8-6-29(7-9-30)22-5-4-18(12-27-22)21-10-20(35-15-17(3)32)14-31-23(21)19(11-26)13-28-31/h4-5,10,12-14,16-17,24,32-33H,6-9,15H2,1-3H3. The smallest absolute Gasteiger partial charge is 0.251 e. The van der Waals surface area contributed by atoms with Crippen LogP contribution in [-0.2, 0) is 4.79 Å². The molecular weight excluding hydrogens is 448 g/mol. The molecule has 1 fully saturated rings. The topological polar surface area (TPSA) is 127 Å². The fourth-order valence-electron chi connectivity index (χ4n) is 4.06. The molecule has 2 atom stereocenters. The Kier molecular flexibility index (Phi) is 7.19. The van der Waals surface area contributed by atoms with E-state index in [0.29, 0.717) is 43.0 Å². The van der Waals surface area contributed by atoms with Crippen molar-refractivity contribution in [1.29, 1.82) is 5.26 Å². The van der Waals surface area contributed by atoms with Gasteiger partial charge in [0.2, 0.25) is 0 Å². The average molecular weight is 479 g/mol. The van der Waals surface area contributed by atoms with Crippen LogP contribution in [0.5, 0.6) is 5.75 Å². The van der Waals surface area contributed by atoms with Crippen molar-refractivity contribution in [2.75, 3.05) is 37.7 Å². The minimum Gasteiger partial charge on any atom is -0.489 e. The lowest BCUT2D eigenvalue weighted by atomic mass is 10.0. The lowest BCUT2D eigenvalue weighted by molar-refractivity contribution is -0.142.